The van der Waals surface area contributed by atoms with Crippen molar-refractivity contribution >= 4 is 28.5 Å². The molecule has 2 aromatic rings. The molecule has 102 valence electrons. The molecule has 0 aliphatic rings. The van der Waals surface area contributed by atoms with Gasteiger partial charge in [-0.15, -0.1) is 0 Å². The molecule has 2 rings (SSSR count). The molecule has 0 saturated heterocycles. The molecular weight excluding hydrogens is 266 g/mol. The molecule has 0 aliphatic heterocycles. The second-order valence-electron chi connectivity index (χ2n) is 4.25. The zero-order chi connectivity index (χ0) is 14.0. The molecule has 1 aromatic heterocycles. The molecule has 0 atom stereocenters. The molecule has 0 amide bonds. The summed E-state index contributed by atoms with van der Waals surface area (Å²) in [5.74, 6) is 0.370. The van der Waals surface area contributed by atoms with Gasteiger partial charge in [0.15, 0.2) is 0 Å². The lowest BCUT2D eigenvalue weighted by atomic mass is 10.1. The fourth-order valence-corrected chi connectivity index (χ4v) is 2.36. The van der Waals surface area contributed by atoms with Crippen molar-refractivity contribution in [3.8, 4) is 5.75 Å². The monoisotopic (exact) mass is 281 g/mol. The topological polar surface area (TPSA) is 40.5 Å². The molecule has 0 saturated carbocycles. The number of methoxy groups -OCH3 is 1. The van der Waals surface area contributed by atoms with Gasteiger partial charge in [0, 0.05) is 24.1 Å². The number of aromatic nitrogens is 1. The van der Waals surface area contributed by atoms with E-state index in [1.165, 1.54) is 0 Å². The summed E-state index contributed by atoms with van der Waals surface area (Å²) in [6.45, 7) is 2.18. The van der Waals surface area contributed by atoms with Crippen molar-refractivity contribution in [3.05, 3.63) is 28.9 Å². The van der Waals surface area contributed by atoms with Crippen molar-refractivity contribution < 1.29 is 14.3 Å². The Hall–Kier alpha value is -1.68. The Morgan fingerprint density at radius 3 is 2.79 bits per heavy atom. The highest BCUT2D eigenvalue weighted by Gasteiger charge is 2.14. The summed E-state index contributed by atoms with van der Waals surface area (Å²) in [5, 5.41) is 1.51. The second kappa shape index (κ2) is 5.53. The first-order chi connectivity index (χ1) is 9.06. The van der Waals surface area contributed by atoms with Gasteiger partial charge in [-0.25, -0.2) is 0 Å². The molecule has 1 aromatic carbocycles. The molecule has 5 heteroatoms. The first-order valence-corrected chi connectivity index (χ1v) is 6.41. The molecule has 0 N–H and O–H groups in total. The summed E-state index contributed by atoms with van der Waals surface area (Å²) in [4.78, 5) is 11.6. The highest BCUT2D eigenvalue weighted by atomic mass is 35.5. The van der Waals surface area contributed by atoms with E-state index in [-0.39, 0.29) is 12.4 Å². The first-order valence-electron chi connectivity index (χ1n) is 6.03. The van der Waals surface area contributed by atoms with Gasteiger partial charge in [-0.2, -0.15) is 0 Å². The molecule has 0 aliphatic carbocycles. The van der Waals surface area contributed by atoms with Gasteiger partial charge in [0.25, 0.3) is 0 Å². The Morgan fingerprint density at radius 1 is 1.42 bits per heavy atom. The van der Waals surface area contributed by atoms with E-state index in [0.717, 1.165) is 16.5 Å². The predicted molar refractivity (Wildman–Crippen MR) is 74.8 cm³/mol. The summed E-state index contributed by atoms with van der Waals surface area (Å²) in [7, 11) is 3.49. The minimum atomic E-state index is -0.232. The lowest BCUT2D eigenvalue weighted by molar-refractivity contribution is -0.142. The van der Waals surface area contributed by atoms with Crippen LogP contribution in [0.5, 0.6) is 5.75 Å². The van der Waals surface area contributed by atoms with Crippen LogP contribution in [0.2, 0.25) is 5.02 Å². The number of fused-ring (bicyclic) bond motifs is 1. The zero-order valence-electron chi connectivity index (χ0n) is 11.2. The van der Waals surface area contributed by atoms with Crippen LogP contribution >= 0.6 is 11.6 Å². The normalized spacial score (nSPS) is 10.7. The maximum absolute atomic E-state index is 11.6. The quantitative estimate of drug-likeness (QED) is 0.809. The zero-order valence-corrected chi connectivity index (χ0v) is 12.0. The Morgan fingerprint density at radius 2 is 2.16 bits per heavy atom. The number of ether oxygens (including phenoxy) is 2. The van der Waals surface area contributed by atoms with Gasteiger partial charge in [0.2, 0.25) is 0 Å². The van der Waals surface area contributed by atoms with E-state index in [1.54, 1.807) is 14.0 Å². The molecule has 1 heterocycles. The number of hydrogen-bond acceptors (Lipinski definition) is 3. The maximum atomic E-state index is 11.6. The van der Waals surface area contributed by atoms with Gasteiger partial charge in [-0.05, 0) is 24.6 Å². The Bertz CT molecular complexity index is 619. The van der Waals surface area contributed by atoms with Crippen LogP contribution in [-0.2, 0) is 23.0 Å². The van der Waals surface area contributed by atoms with Crippen molar-refractivity contribution in [2.75, 3.05) is 13.7 Å². The van der Waals surface area contributed by atoms with E-state index in [0.29, 0.717) is 17.4 Å². The number of nitrogens with zero attached hydrogens (tertiary/aromatic N) is 1. The largest absolute Gasteiger partial charge is 0.495 e. The average molecular weight is 282 g/mol. The van der Waals surface area contributed by atoms with Crippen molar-refractivity contribution in [1.82, 2.24) is 4.57 Å². The number of esters is 1. The van der Waals surface area contributed by atoms with Crippen molar-refractivity contribution in [1.29, 1.82) is 0 Å². The van der Waals surface area contributed by atoms with E-state index < -0.39 is 0 Å². The van der Waals surface area contributed by atoms with Crippen molar-refractivity contribution in [2.24, 2.45) is 7.05 Å². The lowest BCUT2D eigenvalue weighted by Crippen LogP contribution is -2.07. The summed E-state index contributed by atoms with van der Waals surface area (Å²) < 4.78 is 12.1. The molecular formula is C14H16ClNO3. The van der Waals surface area contributed by atoms with Crippen molar-refractivity contribution in [2.45, 2.75) is 13.3 Å². The van der Waals surface area contributed by atoms with E-state index in [2.05, 4.69) is 0 Å². The highest BCUT2D eigenvalue weighted by molar-refractivity contribution is 6.32. The van der Waals surface area contributed by atoms with E-state index in [4.69, 9.17) is 21.1 Å². The van der Waals surface area contributed by atoms with Crippen LogP contribution in [0.4, 0.5) is 0 Å². The third kappa shape index (κ3) is 2.68. The van der Waals surface area contributed by atoms with Crippen LogP contribution in [0.3, 0.4) is 0 Å². The lowest BCUT2D eigenvalue weighted by Gasteiger charge is -2.05. The third-order valence-corrected chi connectivity index (χ3v) is 3.28. The van der Waals surface area contributed by atoms with Crippen LogP contribution in [0.1, 0.15) is 12.5 Å². The van der Waals surface area contributed by atoms with Gasteiger partial charge in [-0.3, -0.25) is 4.79 Å². The van der Waals surface area contributed by atoms with Crippen LogP contribution in [0.25, 0.3) is 10.9 Å². The molecule has 4 nitrogen and oxygen atoms in total. The summed E-state index contributed by atoms with van der Waals surface area (Å²) >= 11 is 6.11. The predicted octanol–water partition coefficient (Wildman–Crippen LogP) is 2.95. The number of benzene rings is 1. The summed E-state index contributed by atoms with van der Waals surface area (Å²) in [6, 6.07) is 3.69. The van der Waals surface area contributed by atoms with Crippen LogP contribution in [0, 0.1) is 0 Å². The van der Waals surface area contributed by atoms with Crippen LogP contribution < -0.4 is 4.74 Å². The minimum Gasteiger partial charge on any atom is -0.495 e. The Kier molecular flexibility index (Phi) is 4.00. The third-order valence-electron chi connectivity index (χ3n) is 2.99. The average Bonchev–Trinajstić information content (AvgIpc) is 2.65. The van der Waals surface area contributed by atoms with Gasteiger partial charge in [0.1, 0.15) is 5.75 Å². The maximum Gasteiger partial charge on any atom is 0.310 e. The molecule has 0 spiro atoms. The number of carbonyl (C=O) groups is 1. The van der Waals surface area contributed by atoms with E-state index >= 15 is 0 Å². The van der Waals surface area contributed by atoms with E-state index in [9.17, 15) is 4.79 Å². The Balaban J connectivity index is 2.47. The standard InChI is InChI=1S/C14H16ClNO3/c1-4-19-14(17)5-9-8-16(2)12-7-11(15)13(18-3)6-10(9)12/h6-8H,4-5H2,1-3H3. The van der Waals surface area contributed by atoms with Gasteiger partial charge in [0.05, 0.1) is 25.2 Å². The number of rotatable bonds is 4. The van der Waals surface area contributed by atoms with Crippen LogP contribution in [0.15, 0.2) is 18.3 Å². The SMILES string of the molecule is CCOC(=O)Cc1cn(C)c2cc(Cl)c(OC)cc12. The molecule has 19 heavy (non-hydrogen) atoms. The van der Waals surface area contributed by atoms with Gasteiger partial charge < -0.3 is 14.0 Å². The Labute approximate surface area is 116 Å². The second-order valence-corrected chi connectivity index (χ2v) is 4.66. The number of hydrogen-bond donors (Lipinski definition) is 0. The molecule has 0 radical (unpaired) electrons. The molecule has 0 unspecified atom stereocenters. The highest BCUT2D eigenvalue weighted by Crippen LogP contribution is 2.32. The molecule has 0 bridgehead atoms. The number of carbonyl (C=O) groups excluding carboxylic acids is 1. The van der Waals surface area contributed by atoms with Gasteiger partial charge >= 0.3 is 5.97 Å². The smallest absolute Gasteiger partial charge is 0.310 e. The van der Waals surface area contributed by atoms with Crippen molar-refractivity contribution in [3.63, 3.8) is 0 Å². The van der Waals surface area contributed by atoms with Gasteiger partial charge in [-0.1, -0.05) is 11.6 Å². The number of aryl methyl sites for hydroxylation is 1. The fraction of sp³-hybridized carbons (Fsp3) is 0.357. The summed E-state index contributed by atoms with van der Waals surface area (Å²) in [6.07, 6.45) is 2.16. The van der Waals surface area contributed by atoms with Crippen LogP contribution in [-0.4, -0.2) is 24.3 Å². The fourth-order valence-electron chi connectivity index (χ4n) is 2.13. The number of halogens is 1. The first kappa shape index (κ1) is 13.7. The summed E-state index contributed by atoms with van der Waals surface area (Å²) in [5.41, 5.74) is 1.87. The minimum absolute atomic E-state index is 0.232. The molecule has 0 fully saturated rings. The van der Waals surface area contributed by atoms with E-state index in [1.807, 2.05) is 29.9 Å².